The van der Waals surface area contributed by atoms with Crippen LogP contribution in [0.3, 0.4) is 0 Å². The number of benzene rings is 1. The molecular formula is C16H20N2O. The van der Waals surface area contributed by atoms with E-state index in [9.17, 15) is 4.79 Å². The summed E-state index contributed by atoms with van der Waals surface area (Å²) in [6, 6.07) is 8.01. The lowest BCUT2D eigenvalue weighted by atomic mass is 10.1. The van der Waals surface area contributed by atoms with Crippen molar-refractivity contribution in [3.05, 3.63) is 36.0 Å². The summed E-state index contributed by atoms with van der Waals surface area (Å²) in [6.07, 6.45) is 7.93. The SMILES string of the molecule is O=C(c1c[nH]c2ccccc12)N1CCCCCCC1. The lowest BCUT2D eigenvalue weighted by molar-refractivity contribution is 0.0744. The largest absolute Gasteiger partial charge is 0.360 e. The Kier molecular flexibility index (Phi) is 3.53. The zero-order valence-corrected chi connectivity index (χ0v) is 11.2. The van der Waals surface area contributed by atoms with Gasteiger partial charge in [-0.05, 0) is 18.9 Å². The van der Waals surface area contributed by atoms with Crippen LogP contribution in [-0.4, -0.2) is 28.9 Å². The molecule has 0 spiro atoms. The lowest BCUT2D eigenvalue weighted by Gasteiger charge is -2.24. The average molecular weight is 256 g/mol. The molecule has 0 saturated carbocycles. The summed E-state index contributed by atoms with van der Waals surface area (Å²) < 4.78 is 0. The fraction of sp³-hybridized carbons (Fsp3) is 0.438. The minimum absolute atomic E-state index is 0.180. The van der Waals surface area contributed by atoms with Gasteiger partial charge in [0.25, 0.3) is 5.91 Å². The van der Waals surface area contributed by atoms with Crippen LogP contribution < -0.4 is 0 Å². The summed E-state index contributed by atoms with van der Waals surface area (Å²) in [7, 11) is 0. The first-order valence-corrected chi connectivity index (χ1v) is 7.21. The molecule has 19 heavy (non-hydrogen) atoms. The van der Waals surface area contributed by atoms with Crippen molar-refractivity contribution in [1.82, 2.24) is 9.88 Å². The Labute approximate surface area is 113 Å². The highest BCUT2D eigenvalue weighted by atomic mass is 16.2. The first-order valence-electron chi connectivity index (χ1n) is 7.21. The molecular weight excluding hydrogens is 236 g/mol. The number of para-hydroxylation sites is 1. The van der Waals surface area contributed by atoms with Gasteiger partial charge in [0.05, 0.1) is 5.56 Å². The van der Waals surface area contributed by atoms with E-state index in [0.717, 1.165) is 42.4 Å². The van der Waals surface area contributed by atoms with Gasteiger partial charge in [-0.25, -0.2) is 0 Å². The predicted octanol–water partition coefficient (Wildman–Crippen LogP) is 3.57. The molecule has 0 bridgehead atoms. The van der Waals surface area contributed by atoms with Crippen LogP contribution in [-0.2, 0) is 0 Å². The Balaban J connectivity index is 1.85. The van der Waals surface area contributed by atoms with Crippen LogP contribution >= 0.6 is 0 Å². The van der Waals surface area contributed by atoms with Gasteiger partial charge in [0.15, 0.2) is 0 Å². The van der Waals surface area contributed by atoms with Crippen molar-refractivity contribution in [1.29, 1.82) is 0 Å². The number of aromatic amines is 1. The van der Waals surface area contributed by atoms with Crippen LogP contribution in [0.4, 0.5) is 0 Å². The van der Waals surface area contributed by atoms with Crippen molar-refractivity contribution >= 4 is 16.8 Å². The van der Waals surface area contributed by atoms with Crippen molar-refractivity contribution in [2.24, 2.45) is 0 Å². The Bertz CT molecular complexity index is 565. The van der Waals surface area contributed by atoms with Crippen LogP contribution in [0, 0.1) is 0 Å². The maximum Gasteiger partial charge on any atom is 0.256 e. The molecule has 1 amide bonds. The second-order valence-electron chi connectivity index (χ2n) is 5.31. The number of likely N-dealkylation sites (tertiary alicyclic amines) is 1. The van der Waals surface area contributed by atoms with E-state index in [4.69, 9.17) is 0 Å². The molecule has 0 radical (unpaired) electrons. The topological polar surface area (TPSA) is 36.1 Å². The smallest absolute Gasteiger partial charge is 0.256 e. The summed E-state index contributed by atoms with van der Waals surface area (Å²) in [5.41, 5.74) is 1.86. The molecule has 2 heterocycles. The molecule has 3 nitrogen and oxygen atoms in total. The number of hydrogen-bond donors (Lipinski definition) is 1. The Morgan fingerprint density at radius 1 is 1.00 bits per heavy atom. The first kappa shape index (κ1) is 12.3. The highest BCUT2D eigenvalue weighted by Crippen LogP contribution is 2.21. The minimum Gasteiger partial charge on any atom is -0.360 e. The van der Waals surface area contributed by atoms with Gasteiger partial charge in [0.2, 0.25) is 0 Å². The Morgan fingerprint density at radius 3 is 2.47 bits per heavy atom. The zero-order chi connectivity index (χ0) is 13.1. The fourth-order valence-electron chi connectivity index (χ4n) is 2.87. The number of carbonyl (C=O) groups is 1. The van der Waals surface area contributed by atoms with E-state index in [2.05, 4.69) is 4.98 Å². The number of nitrogens with one attached hydrogen (secondary N) is 1. The van der Waals surface area contributed by atoms with Crippen LogP contribution in [0.1, 0.15) is 42.5 Å². The number of hydrogen-bond acceptors (Lipinski definition) is 1. The van der Waals surface area contributed by atoms with Crippen molar-refractivity contribution < 1.29 is 4.79 Å². The first-order chi connectivity index (χ1) is 9.36. The molecule has 0 atom stereocenters. The standard InChI is InChI=1S/C16H20N2O/c19-16(18-10-6-2-1-3-7-11-18)14-12-17-15-9-5-4-8-13(14)15/h4-5,8-9,12,17H,1-3,6-7,10-11H2. The molecule has 1 saturated heterocycles. The van der Waals surface area contributed by atoms with Crippen molar-refractivity contribution in [2.45, 2.75) is 32.1 Å². The predicted molar refractivity (Wildman–Crippen MR) is 77.3 cm³/mol. The Hall–Kier alpha value is -1.77. The number of rotatable bonds is 1. The summed E-state index contributed by atoms with van der Waals surface area (Å²) in [6.45, 7) is 1.80. The molecule has 3 heteroatoms. The highest BCUT2D eigenvalue weighted by molar-refractivity contribution is 6.06. The molecule has 1 aliphatic heterocycles. The van der Waals surface area contributed by atoms with Gasteiger partial charge in [0, 0.05) is 30.2 Å². The molecule has 100 valence electrons. The second kappa shape index (κ2) is 5.47. The fourth-order valence-corrected chi connectivity index (χ4v) is 2.87. The number of H-pyrrole nitrogens is 1. The van der Waals surface area contributed by atoms with E-state index >= 15 is 0 Å². The van der Waals surface area contributed by atoms with Crippen LogP contribution in [0.15, 0.2) is 30.5 Å². The molecule has 1 aliphatic rings. The van der Waals surface area contributed by atoms with E-state index in [1.165, 1.54) is 19.3 Å². The average Bonchev–Trinajstić information content (AvgIpc) is 2.81. The maximum absolute atomic E-state index is 12.6. The van der Waals surface area contributed by atoms with Crippen molar-refractivity contribution in [2.75, 3.05) is 13.1 Å². The summed E-state index contributed by atoms with van der Waals surface area (Å²) in [5, 5.41) is 1.04. The summed E-state index contributed by atoms with van der Waals surface area (Å²) in [5.74, 6) is 0.180. The van der Waals surface area contributed by atoms with Crippen molar-refractivity contribution in [3.8, 4) is 0 Å². The molecule has 2 aromatic rings. The monoisotopic (exact) mass is 256 g/mol. The van der Waals surface area contributed by atoms with Crippen molar-refractivity contribution in [3.63, 3.8) is 0 Å². The number of carbonyl (C=O) groups excluding carboxylic acids is 1. The lowest BCUT2D eigenvalue weighted by Crippen LogP contribution is -2.33. The molecule has 1 N–H and O–H groups in total. The number of amides is 1. The minimum atomic E-state index is 0.180. The zero-order valence-electron chi connectivity index (χ0n) is 11.2. The molecule has 0 unspecified atom stereocenters. The van der Waals surface area contributed by atoms with Gasteiger partial charge in [-0.1, -0.05) is 37.5 Å². The quantitative estimate of drug-likeness (QED) is 0.832. The van der Waals surface area contributed by atoms with Crippen LogP contribution in [0.2, 0.25) is 0 Å². The normalized spacial score (nSPS) is 17.2. The van der Waals surface area contributed by atoms with E-state index in [1.54, 1.807) is 0 Å². The van der Waals surface area contributed by atoms with Crippen LogP contribution in [0.25, 0.3) is 10.9 Å². The molecule has 3 rings (SSSR count). The van der Waals surface area contributed by atoms with Gasteiger partial charge in [-0.3, -0.25) is 4.79 Å². The van der Waals surface area contributed by atoms with E-state index < -0.39 is 0 Å². The van der Waals surface area contributed by atoms with E-state index in [-0.39, 0.29) is 5.91 Å². The van der Waals surface area contributed by atoms with E-state index in [0.29, 0.717) is 0 Å². The molecule has 1 aromatic heterocycles. The molecule has 1 aromatic carbocycles. The van der Waals surface area contributed by atoms with Gasteiger partial charge < -0.3 is 9.88 Å². The third-order valence-electron chi connectivity index (χ3n) is 3.96. The number of aromatic nitrogens is 1. The summed E-state index contributed by atoms with van der Waals surface area (Å²) >= 11 is 0. The van der Waals surface area contributed by atoms with Gasteiger partial charge in [-0.15, -0.1) is 0 Å². The Morgan fingerprint density at radius 2 is 1.68 bits per heavy atom. The third kappa shape index (κ3) is 2.50. The van der Waals surface area contributed by atoms with Gasteiger partial charge >= 0.3 is 0 Å². The van der Waals surface area contributed by atoms with Gasteiger partial charge in [-0.2, -0.15) is 0 Å². The highest BCUT2D eigenvalue weighted by Gasteiger charge is 2.19. The maximum atomic E-state index is 12.6. The number of nitrogens with zero attached hydrogens (tertiary/aromatic N) is 1. The third-order valence-corrected chi connectivity index (χ3v) is 3.96. The molecule has 1 fully saturated rings. The molecule has 0 aliphatic carbocycles. The van der Waals surface area contributed by atoms with Gasteiger partial charge in [0.1, 0.15) is 0 Å². The number of fused-ring (bicyclic) bond motifs is 1. The summed E-state index contributed by atoms with van der Waals surface area (Å²) in [4.78, 5) is 17.9. The van der Waals surface area contributed by atoms with Crippen LogP contribution in [0.5, 0.6) is 0 Å². The van der Waals surface area contributed by atoms with E-state index in [1.807, 2.05) is 35.4 Å². The second-order valence-corrected chi connectivity index (χ2v) is 5.31.